The zero-order valence-electron chi connectivity index (χ0n) is 10.2. The van der Waals surface area contributed by atoms with E-state index in [-0.39, 0.29) is 0 Å². The fraction of sp³-hybridized carbons (Fsp3) is 0.600. The molecule has 1 rings (SSSR count). The molecule has 0 aromatic rings. The van der Waals surface area contributed by atoms with Crippen LogP contribution in [-0.2, 0) is 28.8 Å². The Bertz CT molecular complexity index is 365. The van der Waals surface area contributed by atoms with E-state index in [0.717, 1.165) is 6.08 Å². The average molecular weight is 262 g/mol. The second kappa shape index (κ2) is 4.92. The molecule has 0 radical (unpaired) electrons. The van der Waals surface area contributed by atoms with Gasteiger partial charge in [-0.2, -0.15) is 4.89 Å². The molecule has 1 heterocycles. The van der Waals surface area contributed by atoms with Gasteiger partial charge >= 0.3 is 23.9 Å². The quantitative estimate of drug-likeness (QED) is 0.341. The zero-order valence-corrected chi connectivity index (χ0v) is 10.2. The molecule has 1 saturated heterocycles. The topological polar surface area (TPSA) is 101 Å². The normalized spacial score (nSPS) is 30.4. The molecule has 0 aliphatic carbocycles. The largest absolute Gasteiger partial charge is 0.508 e. The standard InChI is InChI=1S/C10H14O8/c1-5-7(11)15-10(14-6(2)3)9(4,17-18-10)16-8(12)13/h5-6H,1H2,2-4H3,(H,12,13). The number of esters is 1. The van der Waals surface area contributed by atoms with Crippen molar-refractivity contribution in [1.29, 1.82) is 0 Å². The lowest BCUT2D eigenvalue weighted by Crippen LogP contribution is -2.71. The van der Waals surface area contributed by atoms with E-state index >= 15 is 0 Å². The number of ether oxygens (including phenoxy) is 3. The van der Waals surface area contributed by atoms with Gasteiger partial charge in [0.05, 0.1) is 6.10 Å². The van der Waals surface area contributed by atoms with Crippen molar-refractivity contribution in [3.05, 3.63) is 12.7 Å². The molecule has 0 bridgehead atoms. The Hall–Kier alpha value is -1.64. The maximum absolute atomic E-state index is 11.2. The van der Waals surface area contributed by atoms with Crippen LogP contribution in [-0.4, -0.2) is 35.1 Å². The van der Waals surface area contributed by atoms with Gasteiger partial charge in [-0.1, -0.05) is 6.58 Å². The second-order valence-electron chi connectivity index (χ2n) is 3.83. The van der Waals surface area contributed by atoms with Crippen LogP contribution >= 0.6 is 0 Å². The monoisotopic (exact) mass is 262 g/mol. The van der Waals surface area contributed by atoms with Gasteiger partial charge in [-0.3, -0.25) is 0 Å². The summed E-state index contributed by atoms with van der Waals surface area (Å²) in [6.07, 6.45) is -1.20. The first kappa shape index (κ1) is 14.4. The van der Waals surface area contributed by atoms with Gasteiger partial charge in [0, 0.05) is 13.0 Å². The van der Waals surface area contributed by atoms with Gasteiger partial charge in [-0.15, -0.1) is 4.89 Å². The van der Waals surface area contributed by atoms with E-state index in [1.165, 1.54) is 6.92 Å². The van der Waals surface area contributed by atoms with Gasteiger partial charge in [-0.25, -0.2) is 9.59 Å². The zero-order chi connectivity index (χ0) is 14.0. The lowest BCUT2D eigenvalue weighted by atomic mass is 10.2. The number of rotatable bonds is 5. The average Bonchev–Trinajstić information content (AvgIpc) is 2.24. The van der Waals surface area contributed by atoms with Crippen LogP contribution in [0.2, 0.25) is 0 Å². The van der Waals surface area contributed by atoms with Crippen molar-refractivity contribution in [2.75, 3.05) is 0 Å². The highest BCUT2D eigenvalue weighted by molar-refractivity contribution is 5.81. The molecule has 8 heteroatoms. The van der Waals surface area contributed by atoms with E-state index in [4.69, 9.17) is 14.6 Å². The number of hydrogen-bond acceptors (Lipinski definition) is 7. The van der Waals surface area contributed by atoms with Crippen LogP contribution in [0.15, 0.2) is 12.7 Å². The van der Waals surface area contributed by atoms with Crippen molar-refractivity contribution in [2.45, 2.75) is 38.6 Å². The van der Waals surface area contributed by atoms with E-state index in [0.29, 0.717) is 0 Å². The van der Waals surface area contributed by atoms with Gasteiger partial charge in [0.15, 0.2) is 0 Å². The number of carbonyl (C=O) groups is 2. The first-order valence-electron chi connectivity index (χ1n) is 5.06. The lowest BCUT2D eigenvalue weighted by Gasteiger charge is -2.49. The van der Waals surface area contributed by atoms with Crippen molar-refractivity contribution < 1.29 is 38.7 Å². The van der Waals surface area contributed by atoms with Crippen molar-refractivity contribution in [3.8, 4) is 0 Å². The van der Waals surface area contributed by atoms with Crippen LogP contribution in [0.1, 0.15) is 20.8 Å². The molecule has 1 N–H and O–H groups in total. The summed E-state index contributed by atoms with van der Waals surface area (Å²) in [5.74, 6) is -4.88. The maximum Gasteiger partial charge on any atom is 0.508 e. The molecule has 0 saturated carbocycles. The van der Waals surface area contributed by atoms with Crippen LogP contribution < -0.4 is 0 Å². The van der Waals surface area contributed by atoms with E-state index < -0.39 is 30.0 Å². The van der Waals surface area contributed by atoms with Crippen LogP contribution in [0.25, 0.3) is 0 Å². The SMILES string of the molecule is C=CC(=O)OC1(OC(C)C)OOC1(C)OC(=O)O. The number of carboxylic acid groups (broad SMARTS) is 1. The summed E-state index contributed by atoms with van der Waals surface area (Å²) in [4.78, 5) is 30.9. The van der Waals surface area contributed by atoms with Gasteiger partial charge in [0.2, 0.25) is 0 Å². The molecule has 0 spiro atoms. The second-order valence-corrected chi connectivity index (χ2v) is 3.83. The minimum absolute atomic E-state index is 0.441. The molecule has 18 heavy (non-hydrogen) atoms. The van der Waals surface area contributed by atoms with Gasteiger partial charge in [-0.05, 0) is 13.8 Å². The summed E-state index contributed by atoms with van der Waals surface area (Å²) in [5.41, 5.74) is 0. The van der Waals surface area contributed by atoms with Gasteiger partial charge in [0.25, 0.3) is 0 Å². The molecule has 0 aromatic carbocycles. The van der Waals surface area contributed by atoms with E-state index in [1.807, 2.05) is 0 Å². The highest BCUT2D eigenvalue weighted by atomic mass is 17.3. The Kier molecular flexibility index (Phi) is 3.95. The number of carbonyl (C=O) groups excluding carboxylic acids is 1. The van der Waals surface area contributed by atoms with Crippen LogP contribution in [0.3, 0.4) is 0 Å². The molecule has 1 aliphatic heterocycles. The molecular weight excluding hydrogens is 248 g/mol. The highest BCUT2D eigenvalue weighted by Crippen LogP contribution is 2.44. The summed E-state index contributed by atoms with van der Waals surface area (Å²) in [5, 5.41) is 8.60. The third-order valence-electron chi connectivity index (χ3n) is 1.94. The fourth-order valence-corrected chi connectivity index (χ4v) is 1.22. The predicted octanol–water partition coefficient (Wildman–Crippen LogP) is 1.17. The van der Waals surface area contributed by atoms with Gasteiger partial charge < -0.3 is 19.3 Å². The van der Waals surface area contributed by atoms with Crippen molar-refractivity contribution in [2.24, 2.45) is 0 Å². The first-order valence-corrected chi connectivity index (χ1v) is 5.06. The molecule has 1 aliphatic rings. The Labute approximate surface area is 103 Å². The Morgan fingerprint density at radius 3 is 2.28 bits per heavy atom. The lowest BCUT2D eigenvalue weighted by molar-refractivity contribution is -0.698. The molecule has 0 aromatic heterocycles. The summed E-state index contributed by atoms with van der Waals surface area (Å²) in [6.45, 7) is 7.67. The minimum atomic E-state index is -2.09. The smallest absolute Gasteiger partial charge is 0.450 e. The first-order chi connectivity index (χ1) is 8.24. The predicted molar refractivity (Wildman–Crippen MR) is 54.9 cm³/mol. The minimum Gasteiger partial charge on any atom is -0.450 e. The summed E-state index contributed by atoms with van der Waals surface area (Å²) in [6, 6.07) is 0. The molecule has 1 fully saturated rings. The van der Waals surface area contributed by atoms with Crippen molar-refractivity contribution in [1.82, 2.24) is 0 Å². The van der Waals surface area contributed by atoms with Crippen LogP contribution in [0.4, 0.5) is 4.79 Å². The molecule has 8 nitrogen and oxygen atoms in total. The van der Waals surface area contributed by atoms with E-state index in [2.05, 4.69) is 21.1 Å². The molecular formula is C10H14O8. The van der Waals surface area contributed by atoms with Gasteiger partial charge in [0.1, 0.15) is 0 Å². The summed E-state index contributed by atoms with van der Waals surface area (Å²) in [7, 11) is 0. The third-order valence-corrected chi connectivity index (χ3v) is 1.94. The van der Waals surface area contributed by atoms with Crippen LogP contribution in [0.5, 0.6) is 0 Å². The summed E-state index contributed by atoms with van der Waals surface area (Å²) >= 11 is 0. The Morgan fingerprint density at radius 1 is 1.33 bits per heavy atom. The number of hydrogen-bond donors (Lipinski definition) is 1. The molecule has 2 unspecified atom stereocenters. The van der Waals surface area contributed by atoms with Crippen LogP contribution in [0, 0.1) is 0 Å². The maximum atomic E-state index is 11.2. The Morgan fingerprint density at radius 2 is 1.94 bits per heavy atom. The molecule has 2 atom stereocenters. The summed E-state index contributed by atoms with van der Waals surface area (Å²) < 4.78 is 14.5. The highest BCUT2D eigenvalue weighted by Gasteiger charge is 2.71. The van der Waals surface area contributed by atoms with E-state index in [1.54, 1.807) is 13.8 Å². The van der Waals surface area contributed by atoms with Crippen molar-refractivity contribution in [3.63, 3.8) is 0 Å². The Balaban J connectivity index is 2.94. The fourth-order valence-electron chi connectivity index (χ4n) is 1.22. The van der Waals surface area contributed by atoms with E-state index in [9.17, 15) is 9.59 Å². The molecule has 102 valence electrons. The van der Waals surface area contributed by atoms with Crippen molar-refractivity contribution >= 4 is 12.1 Å². The third kappa shape index (κ3) is 2.61. The molecule has 0 amide bonds.